The minimum absolute atomic E-state index is 0.0432. The van der Waals surface area contributed by atoms with Crippen LogP contribution in [0, 0.1) is 0 Å². The first-order valence-electron chi connectivity index (χ1n) is 6.70. The highest BCUT2D eigenvalue weighted by atomic mass is 16.1. The maximum atomic E-state index is 11.2. The van der Waals surface area contributed by atoms with Crippen molar-refractivity contribution in [2.24, 2.45) is 0 Å². The van der Waals surface area contributed by atoms with Crippen molar-refractivity contribution in [1.82, 2.24) is 20.1 Å². The summed E-state index contributed by atoms with van der Waals surface area (Å²) >= 11 is 0. The predicted molar refractivity (Wildman–Crippen MR) is 74.6 cm³/mol. The number of carbonyl (C=O) groups excluding carboxylic acids is 1. The number of likely N-dealkylation sites (N-methyl/N-ethyl adjacent to an activating group) is 1. The third-order valence-corrected chi connectivity index (χ3v) is 3.34. The first kappa shape index (κ1) is 14.0. The molecule has 2 heterocycles. The van der Waals surface area contributed by atoms with Gasteiger partial charge in [-0.15, -0.1) is 0 Å². The molecule has 0 radical (unpaired) electrons. The quantitative estimate of drug-likeness (QED) is 0.853. The molecule has 5 heteroatoms. The summed E-state index contributed by atoms with van der Waals surface area (Å²) in [5.41, 5.74) is 1.22. The van der Waals surface area contributed by atoms with E-state index in [1.807, 2.05) is 12.3 Å². The second-order valence-corrected chi connectivity index (χ2v) is 5.26. The van der Waals surface area contributed by atoms with Gasteiger partial charge in [-0.25, -0.2) is 0 Å². The zero-order valence-electron chi connectivity index (χ0n) is 11.7. The van der Waals surface area contributed by atoms with E-state index in [1.165, 1.54) is 5.56 Å². The number of amides is 1. The standard InChI is InChI=1S/C14H22N4O/c1-12(19)16-14-10-17(2)6-7-18(11-14)9-13-4-3-5-15-8-13/h3-5,8,14H,6-7,9-11H2,1-2H3,(H,16,19). The molecule has 5 nitrogen and oxygen atoms in total. The molecule has 2 rings (SSSR count). The van der Waals surface area contributed by atoms with Gasteiger partial charge in [-0.05, 0) is 18.7 Å². The van der Waals surface area contributed by atoms with Crippen molar-refractivity contribution in [2.45, 2.75) is 19.5 Å². The Morgan fingerprint density at radius 1 is 1.47 bits per heavy atom. The third kappa shape index (κ3) is 4.61. The summed E-state index contributed by atoms with van der Waals surface area (Å²) in [6.45, 7) is 6.30. The van der Waals surface area contributed by atoms with E-state index in [0.29, 0.717) is 0 Å². The van der Waals surface area contributed by atoms with Gasteiger partial charge in [-0.2, -0.15) is 0 Å². The second-order valence-electron chi connectivity index (χ2n) is 5.26. The van der Waals surface area contributed by atoms with Crippen LogP contribution in [-0.2, 0) is 11.3 Å². The van der Waals surface area contributed by atoms with Gasteiger partial charge in [0, 0.05) is 52.0 Å². The highest BCUT2D eigenvalue weighted by Crippen LogP contribution is 2.07. The number of carbonyl (C=O) groups is 1. The molecule has 0 spiro atoms. The van der Waals surface area contributed by atoms with Gasteiger partial charge in [0.2, 0.25) is 5.91 Å². The Labute approximate surface area is 114 Å². The van der Waals surface area contributed by atoms with E-state index in [-0.39, 0.29) is 11.9 Å². The van der Waals surface area contributed by atoms with E-state index in [2.05, 4.69) is 33.2 Å². The molecule has 1 aromatic heterocycles. The molecule has 1 aromatic rings. The summed E-state index contributed by atoms with van der Waals surface area (Å²) in [6.07, 6.45) is 3.70. The molecule has 1 fully saturated rings. The monoisotopic (exact) mass is 262 g/mol. The van der Waals surface area contributed by atoms with Crippen molar-refractivity contribution in [1.29, 1.82) is 0 Å². The molecule has 0 aliphatic carbocycles. The lowest BCUT2D eigenvalue weighted by Gasteiger charge is -2.24. The van der Waals surface area contributed by atoms with Crippen LogP contribution < -0.4 is 5.32 Å². The van der Waals surface area contributed by atoms with E-state index >= 15 is 0 Å². The number of hydrogen-bond acceptors (Lipinski definition) is 4. The largest absolute Gasteiger partial charge is 0.351 e. The minimum Gasteiger partial charge on any atom is -0.351 e. The van der Waals surface area contributed by atoms with Gasteiger partial charge in [0.25, 0.3) is 0 Å². The highest BCUT2D eigenvalue weighted by Gasteiger charge is 2.21. The van der Waals surface area contributed by atoms with Crippen molar-refractivity contribution in [2.75, 3.05) is 33.2 Å². The number of nitrogens with zero attached hydrogens (tertiary/aromatic N) is 3. The average molecular weight is 262 g/mol. The highest BCUT2D eigenvalue weighted by molar-refractivity contribution is 5.73. The molecule has 104 valence electrons. The predicted octanol–water partition coefficient (Wildman–Crippen LogP) is 0.334. The fourth-order valence-corrected chi connectivity index (χ4v) is 2.51. The average Bonchev–Trinajstić information content (AvgIpc) is 2.52. The van der Waals surface area contributed by atoms with E-state index in [4.69, 9.17) is 0 Å². The van der Waals surface area contributed by atoms with Crippen molar-refractivity contribution in [3.8, 4) is 0 Å². The molecule has 1 N–H and O–H groups in total. The van der Waals surface area contributed by atoms with Crippen LogP contribution in [0.15, 0.2) is 24.5 Å². The summed E-state index contributed by atoms with van der Waals surface area (Å²) in [4.78, 5) is 20.0. The number of hydrogen-bond donors (Lipinski definition) is 1. The Morgan fingerprint density at radius 3 is 3.00 bits per heavy atom. The molecule has 0 aromatic carbocycles. The van der Waals surface area contributed by atoms with Gasteiger partial charge in [0.1, 0.15) is 0 Å². The van der Waals surface area contributed by atoms with Crippen LogP contribution in [-0.4, -0.2) is 60.0 Å². The lowest BCUT2D eigenvalue weighted by Crippen LogP contribution is -2.45. The molecule has 19 heavy (non-hydrogen) atoms. The smallest absolute Gasteiger partial charge is 0.217 e. The Bertz CT molecular complexity index is 409. The molecule has 1 atom stereocenters. The van der Waals surface area contributed by atoms with Crippen LogP contribution in [0.5, 0.6) is 0 Å². The fraction of sp³-hybridized carbons (Fsp3) is 0.571. The lowest BCUT2D eigenvalue weighted by molar-refractivity contribution is -0.119. The first-order valence-corrected chi connectivity index (χ1v) is 6.70. The van der Waals surface area contributed by atoms with Crippen LogP contribution in [0.2, 0.25) is 0 Å². The first-order chi connectivity index (χ1) is 9.13. The fourth-order valence-electron chi connectivity index (χ4n) is 2.51. The summed E-state index contributed by atoms with van der Waals surface area (Å²) in [6, 6.07) is 4.25. The van der Waals surface area contributed by atoms with Gasteiger partial charge in [0.05, 0.1) is 6.04 Å². The van der Waals surface area contributed by atoms with Crippen molar-refractivity contribution in [3.05, 3.63) is 30.1 Å². The van der Waals surface area contributed by atoms with Gasteiger partial charge in [0.15, 0.2) is 0 Å². The summed E-state index contributed by atoms with van der Waals surface area (Å²) < 4.78 is 0. The van der Waals surface area contributed by atoms with E-state index < -0.39 is 0 Å². The van der Waals surface area contributed by atoms with E-state index in [0.717, 1.165) is 32.7 Å². The normalized spacial score (nSPS) is 21.9. The van der Waals surface area contributed by atoms with Crippen LogP contribution in [0.3, 0.4) is 0 Å². The molecule has 1 amide bonds. The molecule has 1 aliphatic rings. The SMILES string of the molecule is CC(=O)NC1CN(C)CCN(Cc2cccnc2)C1. The van der Waals surface area contributed by atoms with Crippen LogP contribution in [0.25, 0.3) is 0 Å². The Morgan fingerprint density at radius 2 is 2.32 bits per heavy atom. The molecular formula is C14H22N4O. The second kappa shape index (κ2) is 6.63. The molecular weight excluding hydrogens is 240 g/mol. The number of rotatable bonds is 3. The van der Waals surface area contributed by atoms with Crippen molar-refractivity contribution < 1.29 is 4.79 Å². The summed E-state index contributed by atoms with van der Waals surface area (Å²) in [7, 11) is 2.10. The van der Waals surface area contributed by atoms with Gasteiger partial charge in [-0.3, -0.25) is 14.7 Å². The van der Waals surface area contributed by atoms with Crippen molar-refractivity contribution >= 4 is 5.91 Å². The minimum atomic E-state index is 0.0432. The summed E-state index contributed by atoms with van der Waals surface area (Å²) in [5, 5.41) is 3.03. The van der Waals surface area contributed by atoms with Crippen LogP contribution >= 0.6 is 0 Å². The molecule has 0 saturated carbocycles. The Balaban J connectivity index is 1.97. The topological polar surface area (TPSA) is 48.5 Å². The number of aromatic nitrogens is 1. The Kier molecular flexibility index (Phi) is 4.87. The van der Waals surface area contributed by atoms with E-state index in [9.17, 15) is 4.79 Å². The van der Waals surface area contributed by atoms with Crippen molar-refractivity contribution in [3.63, 3.8) is 0 Å². The van der Waals surface area contributed by atoms with Gasteiger partial charge < -0.3 is 10.2 Å². The molecule has 1 saturated heterocycles. The van der Waals surface area contributed by atoms with Gasteiger partial charge in [-0.1, -0.05) is 6.07 Å². The number of pyridine rings is 1. The molecule has 0 bridgehead atoms. The van der Waals surface area contributed by atoms with Gasteiger partial charge >= 0.3 is 0 Å². The summed E-state index contributed by atoms with van der Waals surface area (Å²) in [5.74, 6) is 0.0432. The van der Waals surface area contributed by atoms with Crippen LogP contribution in [0.4, 0.5) is 0 Å². The maximum Gasteiger partial charge on any atom is 0.217 e. The number of nitrogens with one attached hydrogen (secondary N) is 1. The molecule has 1 aliphatic heterocycles. The zero-order valence-corrected chi connectivity index (χ0v) is 11.7. The van der Waals surface area contributed by atoms with E-state index in [1.54, 1.807) is 13.1 Å². The van der Waals surface area contributed by atoms with Crippen LogP contribution in [0.1, 0.15) is 12.5 Å². The maximum absolute atomic E-state index is 11.2. The lowest BCUT2D eigenvalue weighted by atomic mass is 10.2. The molecule has 1 unspecified atom stereocenters. The third-order valence-electron chi connectivity index (χ3n) is 3.34. The Hall–Kier alpha value is -1.46. The zero-order chi connectivity index (χ0) is 13.7.